The monoisotopic (exact) mass is 346 g/mol. The van der Waals surface area contributed by atoms with Crippen molar-refractivity contribution < 1.29 is 19.6 Å². The van der Waals surface area contributed by atoms with Gasteiger partial charge in [0.2, 0.25) is 5.91 Å². The highest BCUT2D eigenvalue weighted by molar-refractivity contribution is 6.34. The summed E-state index contributed by atoms with van der Waals surface area (Å²) in [6, 6.07) is 9.84. The smallest absolute Gasteiger partial charge is 0.335 e. The first-order chi connectivity index (χ1) is 11.4. The van der Waals surface area contributed by atoms with Crippen LogP contribution in [0.3, 0.4) is 0 Å². The summed E-state index contributed by atoms with van der Waals surface area (Å²) in [5, 5.41) is 22.4. The number of carboxylic acids is 1. The molecule has 0 saturated carbocycles. The highest BCUT2D eigenvalue weighted by Crippen LogP contribution is 2.23. The van der Waals surface area contributed by atoms with Crippen LogP contribution in [0.25, 0.3) is 6.08 Å². The van der Waals surface area contributed by atoms with Crippen LogP contribution in [-0.4, -0.2) is 21.9 Å². The van der Waals surface area contributed by atoms with Gasteiger partial charge in [0, 0.05) is 12.1 Å². The number of nitrogens with one attached hydrogen (secondary N) is 1. The zero-order valence-electron chi connectivity index (χ0n) is 12.1. The second-order valence-electron chi connectivity index (χ2n) is 4.64. The van der Waals surface area contributed by atoms with Crippen molar-refractivity contribution >= 4 is 40.9 Å². The first-order valence-corrected chi connectivity index (χ1v) is 7.01. The first-order valence-electron chi connectivity index (χ1n) is 6.64. The van der Waals surface area contributed by atoms with Crippen LogP contribution < -0.4 is 5.32 Å². The molecule has 0 bridgehead atoms. The van der Waals surface area contributed by atoms with E-state index >= 15 is 0 Å². The molecule has 122 valence electrons. The normalized spacial score (nSPS) is 10.5. The lowest BCUT2D eigenvalue weighted by atomic mass is 10.1. The van der Waals surface area contributed by atoms with Gasteiger partial charge in [0.05, 0.1) is 26.8 Å². The maximum Gasteiger partial charge on any atom is 0.335 e. The number of nitrogens with zero attached hydrogens (tertiary/aromatic N) is 1. The summed E-state index contributed by atoms with van der Waals surface area (Å²) in [7, 11) is 0. The molecular formula is C16H11ClN2O5. The molecule has 0 atom stereocenters. The van der Waals surface area contributed by atoms with Crippen molar-refractivity contribution in [3.05, 3.63) is 74.8 Å². The lowest BCUT2D eigenvalue weighted by Crippen LogP contribution is -2.09. The highest BCUT2D eigenvalue weighted by Gasteiger charge is 2.11. The summed E-state index contributed by atoms with van der Waals surface area (Å²) in [6.07, 6.45) is 2.40. The third-order valence-corrected chi connectivity index (χ3v) is 3.35. The minimum Gasteiger partial charge on any atom is -0.478 e. The molecule has 0 heterocycles. The van der Waals surface area contributed by atoms with Crippen molar-refractivity contribution in [3.8, 4) is 0 Å². The first kappa shape index (κ1) is 17.2. The number of nitro benzene ring substituents is 1. The van der Waals surface area contributed by atoms with Crippen LogP contribution >= 0.6 is 11.6 Å². The van der Waals surface area contributed by atoms with E-state index in [0.29, 0.717) is 0 Å². The second-order valence-corrected chi connectivity index (χ2v) is 5.05. The average Bonchev–Trinajstić information content (AvgIpc) is 2.55. The summed E-state index contributed by atoms with van der Waals surface area (Å²) in [4.78, 5) is 33.2. The molecule has 24 heavy (non-hydrogen) atoms. The van der Waals surface area contributed by atoms with Gasteiger partial charge in [-0.15, -0.1) is 0 Å². The molecule has 0 aliphatic heterocycles. The number of carbonyl (C=O) groups excluding carboxylic acids is 1. The van der Waals surface area contributed by atoms with Crippen LogP contribution in [0, 0.1) is 10.1 Å². The van der Waals surface area contributed by atoms with Gasteiger partial charge in [0.15, 0.2) is 0 Å². The van der Waals surface area contributed by atoms with Crippen molar-refractivity contribution in [1.82, 2.24) is 0 Å². The quantitative estimate of drug-likeness (QED) is 0.488. The molecule has 0 aliphatic rings. The molecule has 2 rings (SSSR count). The number of carboxylic acid groups (broad SMARTS) is 1. The van der Waals surface area contributed by atoms with Crippen molar-refractivity contribution in [2.75, 3.05) is 5.32 Å². The van der Waals surface area contributed by atoms with Crippen LogP contribution in [0.15, 0.2) is 48.5 Å². The largest absolute Gasteiger partial charge is 0.478 e. The van der Waals surface area contributed by atoms with Crippen molar-refractivity contribution in [3.63, 3.8) is 0 Å². The van der Waals surface area contributed by atoms with Crippen LogP contribution in [-0.2, 0) is 4.79 Å². The molecule has 8 heteroatoms. The van der Waals surface area contributed by atoms with E-state index in [2.05, 4.69) is 5.32 Å². The topological polar surface area (TPSA) is 110 Å². The van der Waals surface area contributed by atoms with Crippen LogP contribution in [0.1, 0.15) is 15.9 Å². The number of halogens is 1. The van der Waals surface area contributed by atoms with Gasteiger partial charge in [0.25, 0.3) is 5.69 Å². The van der Waals surface area contributed by atoms with E-state index in [9.17, 15) is 19.7 Å². The third-order valence-electron chi connectivity index (χ3n) is 3.02. The lowest BCUT2D eigenvalue weighted by Gasteiger charge is -2.06. The number of nitro groups is 1. The van der Waals surface area contributed by atoms with Gasteiger partial charge in [-0.05, 0) is 30.3 Å². The average molecular weight is 347 g/mol. The van der Waals surface area contributed by atoms with Crippen molar-refractivity contribution in [2.24, 2.45) is 0 Å². The van der Waals surface area contributed by atoms with Gasteiger partial charge >= 0.3 is 5.97 Å². The Kier molecular flexibility index (Phi) is 5.28. The van der Waals surface area contributed by atoms with E-state index in [1.54, 1.807) is 6.07 Å². The molecule has 0 aromatic heterocycles. The van der Waals surface area contributed by atoms with Crippen LogP contribution in [0.5, 0.6) is 0 Å². The standard InChI is InChI=1S/C16H11ClN2O5/c17-12-7-5-11(16(21)22)9-13(12)18-15(20)8-6-10-3-1-2-4-14(10)19(23)24/h1-9H,(H,18,20)(H,21,22)/b8-6+. The number of rotatable bonds is 5. The minimum atomic E-state index is -1.15. The Labute approximate surface area is 141 Å². The number of hydrogen-bond acceptors (Lipinski definition) is 4. The molecule has 1 amide bonds. The molecule has 2 aromatic rings. The Morgan fingerprint density at radius 2 is 1.92 bits per heavy atom. The Morgan fingerprint density at radius 1 is 1.21 bits per heavy atom. The zero-order chi connectivity index (χ0) is 17.7. The Morgan fingerprint density at radius 3 is 2.58 bits per heavy atom. The number of para-hydroxylation sites is 1. The maximum absolute atomic E-state index is 11.9. The Bertz CT molecular complexity index is 848. The van der Waals surface area contributed by atoms with Gasteiger partial charge in [-0.2, -0.15) is 0 Å². The fourth-order valence-electron chi connectivity index (χ4n) is 1.89. The van der Waals surface area contributed by atoms with E-state index < -0.39 is 16.8 Å². The van der Waals surface area contributed by atoms with Gasteiger partial charge in [0.1, 0.15) is 0 Å². The molecule has 2 N–H and O–H groups in total. The Hall–Kier alpha value is -3.19. The maximum atomic E-state index is 11.9. The molecule has 7 nitrogen and oxygen atoms in total. The van der Waals surface area contributed by atoms with Crippen LogP contribution in [0.2, 0.25) is 5.02 Å². The number of benzene rings is 2. The summed E-state index contributed by atoms with van der Waals surface area (Å²) >= 11 is 5.91. The van der Waals surface area contributed by atoms with Gasteiger partial charge in [-0.3, -0.25) is 14.9 Å². The van der Waals surface area contributed by atoms with Crippen LogP contribution in [0.4, 0.5) is 11.4 Å². The van der Waals surface area contributed by atoms with E-state index in [1.807, 2.05) is 0 Å². The van der Waals surface area contributed by atoms with E-state index in [4.69, 9.17) is 16.7 Å². The summed E-state index contributed by atoms with van der Waals surface area (Å²) in [6.45, 7) is 0. The number of carbonyl (C=O) groups is 2. The minimum absolute atomic E-state index is 0.0302. The second kappa shape index (κ2) is 7.38. The van der Waals surface area contributed by atoms with Crippen molar-refractivity contribution in [1.29, 1.82) is 0 Å². The predicted octanol–water partition coefficient (Wildman–Crippen LogP) is 3.60. The summed E-state index contributed by atoms with van der Waals surface area (Å²) in [5.41, 5.74) is 0.238. The molecule has 2 aromatic carbocycles. The molecule has 0 aliphatic carbocycles. The van der Waals surface area contributed by atoms with E-state index in [0.717, 1.165) is 6.08 Å². The molecule has 0 unspecified atom stereocenters. The number of anilines is 1. The SMILES string of the molecule is O=C(/C=C/c1ccccc1[N+](=O)[O-])Nc1cc(C(=O)O)ccc1Cl. The van der Waals surface area contributed by atoms with Gasteiger partial charge in [-0.1, -0.05) is 23.7 Å². The number of amides is 1. The van der Waals surface area contributed by atoms with Gasteiger partial charge in [-0.25, -0.2) is 4.79 Å². The predicted molar refractivity (Wildman–Crippen MR) is 89.2 cm³/mol. The zero-order valence-corrected chi connectivity index (χ0v) is 12.9. The molecule has 0 spiro atoms. The van der Waals surface area contributed by atoms with E-state index in [-0.39, 0.29) is 27.5 Å². The lowest BCUT2D eigenvalue weighted by molar-refractivity contribution is -0.385. The molecular weight excluding hydrogens is 336 g/mol. The van der Waals surface area contributed by atoms with E-state index in [1.165, 1.54) is 42.5 Å². The molecule has 0 saturated heterocycles. The Balaban J connectivity index is 2.19. The number of hydrogen-bond donors (Lipinski definition) is 2. The summed E-state index contributed by atoms with van der Waals surface area (Å²) < 4.78 is 0. The molecule has 0 fully saturated rings. The highest BCUT2D eigenvalue weighted by atomic mass is 35.5. The third kappa shape index (κ3) is 4.17. The molecule has 0 radical (unpaired) electrons. The fraction of sp³-hybridized carbons (Fsp3) is 0. The summed E-state index contributed by atoms with van der Waals surface area (Å²) in [5.74, 6) is -1.75. The fourth-order valence-corrected chi connectivity index (χ4v) is 2.05. The van der Waals surface area contributed by atoms with Crippen molar-refractivity contribution in [2.45, 2.75) is 0 Å². The number of aromatic carboxylic acids is 1. The van der Waals surface area contributed by atoms with Gasteiger partial charge < -0.3 is 10.4 Å².